The van der Waals surface area contributed by atoms with E-state index in [1.807, 2.05) is 12.1 Å². The van der Waals surface area contributed by atoms with Gasteiger partial charge in [-0.25, -0.2) is 9.78 Å². The van der Waals surface area contributed by atoms with E-state index in [-0.39, 0.29) is 5.97 Å². The van der Waals surface area contributed by atoms with E-state index in [1.165, 1.54) is 0 Å². The van der Waals surface area contributed by atoms with Crippen LogP contribution in [0.2, 0.25) is 5.15 Å². The first-order valence-corrected chi connectivity index (χ1v) is 7.58. The van der Waals surface area contributed by atoms with Crippen LogP contribution in [0.3, 0.4) is 0 Å². The molecule has 114 valence electrons. The lowest BCUT2D eigenvalue weighted by Gasteiger charge is -2.05. The monoisotopic (exact) mass is 325 g/mol. The first-order chi connectivity index (χ1) is 11.2. The maximum absolute atomic E-state index is 11.9. The third-order valence-electron chi connectivity index (χ3n) is 3.80. The fraction of sp³-hybridized carbons (Fsp3) is 0.118. The number of ether oxygens (including phenoxy) is 1. The van der Waals surface area contributed by atoms with Crippen molar-refractivity contribution >= 4 is 50.3 Å². The second-order valence-electron chi connectivity index (χ2n) is 5.15. The summed E-state index contributed by atoms with van der Waals surface area (Å²) in [6.07, 6.45) is 3.52. The second-order valence-corrected chi connectivity index (χ2v) is 5.51. The zero-order valence-electron chi connectivity index (χ0n) is 12.3. The smallest absolute Gasteiger partial charge is 0.338 e. The van der Waals surface area contributed by atoms with Gasteiger partial charge in [-0.15, -0.1) is 0 Å². The summed E-state index contributed by atoms with van der Waals surface area (Å²) in [4.78, 5) is 23.8. The SMILES string of the molecule is CCOC(=O)c1ccc2c(c1)nc(Cl)c1[nH]c3ccncc3c12. The molecule has 0 amide bonds. The molecule has 0 fully saturated rings. The van der Waals surface area contributed by atoms with Crippen LogP contribution in [0.25, 0.3) is 32.7 Å². The van der Waals surface area contributed by atoms with Gasteiger partial charge in [-0.2, -0.15) is 0 Å². The van der Waals surface area contributed by atoms with Crippen LogP contribution in [0, 0.1) is 0 Å². The number of benzene rings is 1. The molecule has 0 aliphatic rings. The van der Waals surface area contributed by atoms with E-state index >= 15 is 0 Å². The standard InChI is InChI=1S/C17H12ClN3O2/c1-2-23-17(22)9-3-4-10-13(7-9)21-16(18)15-14(10)11-8-19-6-5-12(11)20-15/h3-8,20H,2H2,1H3. The van der Waals surface area contributed by atoms with Gasteiger partial charge >= 0.3 is 5.97 Å². The Labute approximate surface area is 136 Å². The maximum atomic E-state index is 11.9. The van der Waals surface area contributed by atoms with Crippen molar-refractivity contribution in [3.8, 4) is 0 Å². The lowest BCUT2D eigenvalue weighted by atomic mass is 10.1. The van der Waals surface area contributed by atoms with Crippen molar-refractivity contribution in [2.75, 3.05) is 6.61 Å². The molecule has 0 aliphatic heterocycles. The molecule has 1 N–H and O–H groups in total. The van der Waals surface area contributed by atoms with Crippen LogP contribution in [0.1, 0.15) is 17.3 Å². The van der Waals surface area contributed by atoms with Crippen LogP contribution in [-0.2, 0) is 4.74 Å². The molecular formula is C17H12ClN3O2. The van der Waals surface area contributed by atoms with Crippen molar-refractivity contribution < 1.29 is 9.53 Å². The van der Waals surface area contributed by atoms with E-state index < -0.39 is 0 Å². The van der Waals surface area contributed by atoms with Gasteiger partial charge in [0.2, 0.25) is 0 Å². The molecule has 0 saturated carbocycles. The van der Waals surface area contributed by atoms with Crippen molar-refractivity contribution in [1.82, 2.24) is 15.0 Å². The topological polar surface area (TPSA) is 67.9 Å². The number of aromatic nitrogens is 3. The van der Waals surface area contributed by atoms with E-state index in [9.17, 15) is 4.79 Å². The lowest BCUT2D eigenvalue weighted by molar-refractivity contribution is 0.0526. The summed E-state index contributed by atoms with van der Waals surface area (Å²) in [6, 6.07) is 7.20. The molecule has 3 aromatic heterocycles. The normalized spacial score (nSPS) is 11.4. The van der Waals surface area contributed by atoms with Crippen LogP contribution < -0.4 is 0 Å². The highest BCUT2D eigenvalue weighted by Crippen LogP contribution is 2.34. The predicted octanol–water partition coefficient (Wildman–Crippen LogP) is 4.09. The highest BCUT2D eigenvalue weighted by Gasteiger charge is 2.15. The van der Waals surface area contributed by atoms with E-state index in [1.54, 1.807) is 31.5 Å². The Balaban J connectivity index is 2.07. The van der Waals surface area contributed by atoms with E-state index in [4.69, 9.17) is 16.3 Å². The Hall–Kier alpha value is -2.66. The molecule has 0 aliphatic carbocycles. The number of H-pyrrole nitrogens is 1. The molecule has 4 aromatic rings. The van der Waals surface area contributed by atoms with Gasteiger partial charge in [0.05, 0.1) is 23.2 Å². The van der Waals surface area contributed by atoms with Crippen molar-refractivity contribution in [1.29, 1.82) is 0 Å². The maximum Gasteiger partial charge on any atom is 0.338 e. The second kappa shape index (κ2) is 5.21. The Bertz CT molecular complexity index is 1070. The Morgan fingerprint density at radius 3 is 3.00 bits per heavy atom. The van der Waals surface area contributed by atoms with Crippen LogP contribution in [-0.4, -0.2) is 27.5 Å². The molecule has 0 radical (unpaired) electrons. The Morgan fingerprint density at radius 2 is 2.17 bits per heavy atom. The largest absolute Gasteiger partial charge is 0.462 e. The zero-order valence-corrected chi connectivity index (χ0v) is 13.0. The van der Waals surface area contributed by atoms with Crippen molar-refractivity contribution in [3.63, 3.8) is 0 Å². The number of esters is 1. The molecule has 0 unspecified atom stereocenters. The number of pyridine rings is 2. The third-order valence-corrected chi connectivity index (χ3v) is 4.08. The number of hydrogen-bond donors (Lipinski definition) is 1. The molecule has 4 rings (SSSR count). The van der Waals surface area contributed by atoms with Crippen LogP contribution in [0.4, 0.5) is 0 Å². The Morgan fingerprint density at radius 1 is 1.30 bits per heavy atom. The number of fused-ring (bicyclic) bond motifs is 5. The lowest BCUT2D eigenvalue weighted by Crippen LogP contribution is -2.04. The number of carbonyl (C=O) groups excluding carboxylic acids is 1. The van der Waals surface area contributed by atoms with Gasteiger partial charge < -0.3 is 9.72 Å². The van der Waals surface area contributed by atoms with Gasteiger partial charge in [-0.3, -0.25) is 4.98 Å². The van der Waals surface area contributed by atoms with Crippen molar-refractivity contribution in [2.45, 2.75) is 6.92 Å². The Kier molecular flexibility index (Phi) is 3.16. The molecule has 1 aromatic carbocycles. The summed E-state index contributed by atoms with van der Waals surface area (Å²) in [7, 11) is 0. The van der Waals surface area contributed by atoms with Crippen molar-refractivity contribution in [3.05, 3.63) is 47.4 Å². The minimum absolute atomic E-state index is 0.332. The highest BCUT2D eigenvalue weighted by atomic mass is 35.5. The summed E-state index contributed by atoms with van der Waals surface area (Å²) < 4.78 is 5.03. The van der Waals surface area contributed by atoms with Gasteiger partial charge in [0, 0.05) is 34.1 Å². The number of aromatic amines is 1. The number of nitrogens with one attached hydrogen (secondary N) is 1. The predicted molar refractivity (Wildman–Crippen MR) is 89.9 cm³/mol. The van der Waals surface area contributed by atoms with Gasteiger partial charge in [-0.1, -0.05) is 17.7 Å². The molecule has 3 heterocycles. The average Bonchev–Trinajstić information content (AvgIpc) is 2.95. The first kappa shape index (κ1) is 14.0. The minimum atomic E-state index is -0.368. The van der Waals surface area contributed by atoms with Gasteiger partial charge in [0.25, 0.3) is 0 Å². The number of hydrogen-bond acceptors (Lipinski definition) is 4. The van der Waals surface area contributed by atoms with Crippen molar-refractivity contribution in [2.24, 2.45) is 0 Å². The fourth-order valence-corrected chi connectivity index (χ4v) is 3.04. The van der Waals surface area contributed by atoms with E-state index in [0.29, 0.717) is 22.8 Å². The fourth-order valence-electron chi connectivity index (χ4n) is 2.81. The molecule has 6 heteroatoms. The molecule has 0 spiro atoms. The number of rotatable bonds is 2. The summed E-state index contributed by atoms with van der Waals surface area (Å²) in [6.45, 7) is 2.11. The summed E-state index contributed by atoms with van der Waals surface area (Å²) >= 11 is 6.32. The quantitative estimate of drug-likeness (QED) is 0.445. The average molecular weight is 326 g/mol. The molecular weight excluding hydrogens is 314 g/mol. The van der Waals surface area contributed by atoms with Crippen LogP contribution in [0.5, 0.6) is 0 Å². The summed E-state index contributed by atoms with van der Waals surface area (Å²) in [5.41, 5.74) is 2.82. The van der Waals surface area contributed by atoms with Crippen LogP contribution in [0.15, 0.2) is 36.7 Å². The summed E-state index contributed by atoms with van der Waals surface area (Å²) in [5.74, 6) is -0.368. The molecule has 0 bridgehead atoms. The number of nitrogens with zero attached hydrogens (tertiary/aromatic N) is 2. The molecule has 0 atom stereocenters. The van der Waals surface area contributed by atoms with Gasteiger partial charge in [-0.05, 0) is 25.1 Å². The number of carbonyl (C=O) groups is 1. The first-order valence-electron chi connectivity index (χ1n) is 7.21. The summed E-state index contributed by atoms with van der Waals surface area (Å²) in [5, 5.41) is 3.21. The molecule has 23 heavy (non-hydrogen) atoms. The molecule has 5 nitrogen and oxygen atoms in total. The van der Waals surface area contributed by atoms with E-state index in [2.05, 4.69) is 15.0 Å². The zero-order chi connectivity index (χ0) is 16.0. The van der Waals surface area contributed by atoms with E-state index in [0.717, 1.165) is 27.2 Å². The van der Waals surface area contributed by atoms with Gasteiger partial charge in [0.15, 0.2) is 5.15 Å². The molecule has 0 saturated heterocycles. The number of halogens is 1. The third kappa shape index (κ3) is 2.12. The minimum Gasteiger partial charge on any atom is -0.462 e. The van der Waals surface area contributed by atoms with Gasteiger partial charge in [0.1, 0.15) is 0 Å². The van der Waals surface area contributed by atoms with Crippen LogP contribution >= 0.6 is 11.6 Å². The highest BCUT2D eigenvalue weighted by molar-refractivity contribution is 6.37.